The second kappa shape index (κ2) is 6.13. The number of ether oxygens (including phenoxy) is 2. The fourth-order valence-electron chi connectivity index (χ4n) is 1.90. The zero-order valence-electron chi connectivity index (χ0n) is 11.5. The maximum atomic E-state index is 12.3. The van der Waals surface area contributed by atoms with E-state index >= 15 is 0 Å². The van der Waals surface area contributed by atoms with Crippen molar-refractivity contribution in [3.05, 3.63) is 33.2 Å². The van der Waals surface area contributed by atoms with Gasteiger partial charge in [-0.2, -0.15) is 9.13 Å². The quantitative estimate of drug-likeness (QED) is 0.825. The first-order chi connectivity index (χ1) is 10.0. The summed E-state index contributed by atoms with van der Waals surface area (Å²) in [7, 11) is 0. The van der Waals surface area contributed by atoms with Crippen LogP contribution >= 0.6 is 15.9 Å². The average molecular weight is 357 g/mol. The Hall–Kier alpha value is -2.09. The van der Waals surface area contributed by atoms with Gasteiger partial charge >= 0.3 is 17.9 Å². The Balaban J connectivity index is 2.76. The van der Waals surface area contributed by atoms with Crippen molar-refractivity contribution in [1.82, 2.24) is 9.13 Å². The van der Waals surface area contributed by atoms with E-state index in [0.717, 1.165) is 9.13 Å². The molecule has 0 spiro atoms. The normalized spacial score (nSPS) is 10.6. The van der Waals surface area contributed by atoms with Crippen LogP contribution < -0.4 is 5.69 Å². The fourth-order valence-corrected chi connectivity index (χ4v) is 2.25. The van der Waals surface area contributed by atoms with Crippen molar-refractivity contribution in [3.63, 3.8) is 0 Å². The third-order valence-electron chi connectivity index (χ3n) is 2.70. The minimum absolute atomic E-state index is 0.116. The molecular formula is C13H13BrN2O5. The molecule has 0 aliphatic heterocycles. The highest BCUT2D eigenvalue weighted by molar-refractivity contribution is 9.10. The molecule has 2 rings (SSSR count). The number of carbonyl (C=O) groups excluding carboxylic acids is 2. The summed E-state index contributed by atoms with van der Waals surface area (Å²) in [5, 5.41) is 0. The Morgan fingerprint density at radius 3 is 2.10 bits per heavy atom. The molecule has 0 saturated carbocycles. The van der Waals surface area contributed by atoms with E-state index in [1.54, 1.807) is 32.0 Å². The molecule has 0 aliphatic carbocycles. The Morgan fingerprint density at radius 1 is 1.05 bits per heavy atom. The second-order valence-corrected chi connectivity index (χ2v) is 4.90. The summed E-state index contributed by atoms with van der Waals surface area (Å²) in [6.07, 6.45) is -1.67. The molecule has 0 radical (unpaired) electrons. The number of imidazole rings is 1. The van der Waals surface area contributed by atoms with E-state index in [-0.39, 0.29) is 24.2 Å². The summed E-state index contributed by atoms with van der Waals surface area (Å²) in [6, 6.07) is 4.77. The lowest BCUT2D eigenvalue weighted by atomic mass is 10.3. The number of fused-ring (bicyclic) bond motifs is 1. The maximum Gasteiger partial charge on any atom is 0.422 e. The van der Waals surface area contributed by atoms with Crippen LogP contribution in [0.4, 0.5) is 9.59 Å². The number of benzene rings is 1. The molecule has 0 saturated heterocycles. The van der Waals surface area contributed by atoms with Gasteiger partial charge in [0.05, 0.1) is 24.2 Å². The number of aromatic nitrogens is 2. The topological polar surface area (TPSA) is 79.5 Å². The Morgan fingerprint density at radius 2 is 1.57 bits per heavy atom. The van der Waals surface area contributed by atoms with Gasteiger partial charge in [0.1, 0.15) is 0 Å². The lowest BCUT2D eigenvalue weighted by Gasteiger charge is -2.01. The monoisotopic (exact) mass is 356 g/mol. The van der Waals surface area contributed by atoms with Crippen LogP contribution in [0.5, 0.6) is 0 Å². The number of carbonyl (C=O) groups is 2. The highest BCUT2D eigenvalue weighted by Crippen LogP contribution is 2.19. The largest absolute Gasteiger partial charge is 0.449 e. The number of hydrogen-bond donors (Lipinski definition) is 0. The molecule has 0 fully saturated rings. The zero-order chi connectivity index (χ0) is 15.6. The molecule has 2 aromatic rings. The van der Waals surface area contributed by atoms with Gasteiger partial charge in [0.25, 0.3) is 0 Å². The van der Waals surface area contributed by atoms with Crippen molar-refractivity contribution in [3.8, 4) is 0 Å². The first-order valence-corrected chi connectivity index (χ1v) is 7.07. The van der Waals surface area contributed by atoms with Crippen LogP contribution in [-0.4, -0.2) is 34.5 Å². The zero-order valence-corrected chi connectivity index (χ0v) is 13.0. The standard InChI is InChI=1S/C13H13BrN2O5/c1-3-20-12(18)15-9-6-5-8(14)7-10(9)16(11(15)17)13(19)21-4-2/h5-7H,3-4H2,1-2H3. The highest BCUT2D eigenvalue weighted by Gasteiger charge is 2.23. The van der Waals surface area contributed by atoms with Crippen LogP contribution in [0.3, 0.4) is 0 Å². The number of halogens is 1. The number of nitrogens with zero attached hydrogens (tertiary/aromatic N) is 2. The molecule has 0 aliphatic rings. The van der Waals surface area contributed by atoms with E-state index in [2.05, 4.69) is 15.9 Å². The van der Waals surface area contributed by atoms with E-state index in [1.165, 1.54) is 0 Å². The SMILES string of the molecule is CCOC(=O)n1c(=O)n(C(=O)OCC)c2cc(Br)ccc21. The molecule has 21 heavy (non-hydrogen) atoms. The first-order valence-electron chi connectivity index (χ1n) is 6.28. The molecule has 0 bridgehead atoms. The first kappa shape index (κ1) is 15.3. The van der Waals surface area contributed by atoms with Gasteiger partial charge in [0.2, 0.25) is 0 Å². The molecule has 8 heteroatoms. The van der Waals surface area contributed by atoms with Crippen molar-refractivity contribution >= 4 is 39.1 Å². The van der Waals surface area contributed by atoms with Gasteiger partial charge in [0, 0.05) is 4.47 Å². The van der Waals surface area contributed by atoms with Crippen LogP contribution in [-0.2, 0) is 9.47 Å². The van der Waals surface area contributed by atoms with E-state index < -0.39 is 17.9 Å². The highest BCUT2D eigenvalue weighted by atomic mass is 79.9. The molecular weight excluding hydrogens is 344 g/mol. The van der Waals surface area contributed by atoms with Gasteiger partial charge in [-0.3, -0.25) is 0 Å². The fraction of sp³-hybridized carbons (Fsp3) is 0.308. The molecule has 1 aromatic carbocycles. The molecule has 0 N–H and O–H groups in total. The Bertz CT molecular complexity index is 762. The van der Waals surface area contributed by atoms with E-state index in [4.69, 9.17) is 9.47 Å². The summed E-state index contributed by atoms with van der Waals surface area (Å²) < 4.78 is 12.0. The summed E-state index contributed by atoms with van der Waals surface area (Å²) >= 11 is 3.26. The predicted molar refractivity (Wildman–Crippen MR) is 78.7 cm³/mol. The van der Waals surface area contributed by atoms with Gasteiger partial charge in [-0.25, -0.2) is 14.4 Å². The van der Waals surface area contributed by atoms with Crippen LogP contribution in [0.15, 0.2) is 27.5 Å². The molecule has 0 atom stereocenters. The van der Waals surface area contributed by atoms with E-state index in [0.29, 0.717) is 4.47 Å². The molecule has 0 unspecified atom stereocenters. The maximum absolute atomic E-state index is 12.3. The van der Waals surface area contributed by atoms with Gasteiger partial charge < -0.3 is 9.47 Å². The van der Waals surface area contributed by atoms with Gasteiger partial charge in [-0.15, -0.1) is 0 Å². The molecule has 1 aromatic heterocycles. The Kier molecular flexibility index (Phi) is 4.46. The number of hydrogen-bond acceptors (Lipinski definition) is 5. The summed E-state index contributed by atoms with van der Waals surface area (Å²) in [6.45, 7) is 3.49. The van der Waals surface area contributed by atoms with Crippen molar-refractivity contribution in [2.45, 2.75) is 13.8 Å². The van der Waals surface area contributed by atoms with Crippen molar-refractivity contribution in [2.75, 3.05) is 13.2 Å². The molecule has 1 heterocycles. The lowest BCUT2D eigenvalue weighted by Crippen LogP contribution is -2.33. The van der Waals surface area contributed by atoms with Crippen LogP contribution in [0.1, 0.15) is 13.8 Å². The average Bonchev–Trinajstić information content (AvgIpc) is 2.70. The third-order valence-corrected chi connectivity index (χ3v) is 3.20. The summed E-state index contributed by atoms with van der Waals surface area (Å²) in [5.41, 5.74) is -0.282. The molecule has 7 nitrogen and oxygen atoms in total. The Labute approximate surface area is 128 Å². The third kappa shape index (κ3) is 2.71. The van der Waals surface area contributed by atoms with Crippen LogP contribution in [0, 0.1) is 0 Å². The number of rotatable bonds is 2. The minimum Gasteiger partial charge on any atom is -0.449 e. The smallest absolute Gasteiger partial charge is 0.422 e. The van der Waals surface area contributed by atoms with Crippen molar-refractivity contribution < 1.29 is 19.1 Å². The van der Waals surface area contributed by atoms with Crippen molar-refractivity contribution in [2.24, 2.45) is 0 Å². The summed E-state index contributed by atoms with van der Waals surface area (Å²) in [4.78, 5) is 36.2. The predicted octanol–water partition coefficient (Wildman–Crippen LogP) is 2.57. The van der Waals surface area contributed by atoms with Crippen LogP contribution in [0.2, 0.25) is 0 Å². The second-order valence-electron chi connectivity index (χ2n) is 3.98. The van der Waals surface area contributed by atoms with Gasteiger partial charge in [-0.05, 0) is 32.0 Å². The minimum atomic E-state index is -0.839. The molecule has 112 valence electrons. The van der Waals surface area contributed by atoms with Crippen molar-refractivity contribution in [1.29, 1.82) is 0 Å². The van der Waals surface area contributed by atoms with E-state index in [1.807, 2.05) is 0 Å². The van der Waals surface area contributed by atoms with E-state index in [9.17, 15) is 14.4 Å². The summed E-state index contributed by atoms with van der Waals surface area (Å²) in [5.74, 6) is 0. The molecule has 0 amide bonds. The van der Waals surface area contributed by atoms with Gasteiger partial charge in [-0.1, -0.05) is 15.9 Å². The van der Waals surface area contributed by atoms with Gasteiger partial charge in [0.15, 0.2) is 0 Å². The van der Waals surface area contributed by atoms with Crippen LogP contribution in [0.25, 0.3) is 11.0 Å². The lowest BCUT2D eigenvalue weighted by molar-refractivity contribution is 0.150.